The lowest BCUT2D eigenvalue weighted by Crippen LogP contribution is -1.95. The Balaban J connectivity index is 1.74. The van der Waals surface area contributed by atoms with E-state index in [9.17, 15) is 0 Å². The molecule has 0 N–H and O–H groups in total. The van der Waals surface area contributed by atoms with Gasteiger partial charge in [0, 0.05) is 15.8 Å². The zero-order chi connectivity index (χ0) is 20.1. The van der Waals surface area contributed by atoms with Crippen LogP contribution in [0.4, 0.5) is 0 Å². The molecule has 1 unspecified atom stereocenters. The number of methoxy groups -OCH3 is 3. The minimum atomic E-state index is 0.272. The van der Waals surface area contributed by atoms with Crippen LogP contribution in [0.3, 0.4) is 0 Å². The molecule has 28 heavy (non-hydrogen) atoms. The van der Waals surface area contributed by atoms with Crippen molar-refractivity contribution in [2.75, 3.05) is 21.3 Å². The molecule has 1 aromatic heterocycles. The van der Waals surface area contributed by atoms with Gasteiger partial charge in [-0.05, 0) is 36.8 Å². The first kappa shape index (κ1) is 20.4. The zero-order valence-electron chi connectivity index (χ0n) is 16.1. The number of benzene rings is 2. The predicted octanol–water partition coefficient (Wildman–Crippen LogP) is 5.41. The summed E-state index contributed by atoms with van der Waals surface area (Å²) in [6.45, 7) is 2.13. The smallest absolute Gasteiger partial charge is 0.248 e. The van der Waals surface area contributed by atoms with Crippen molar-refractivity contribution < 1.29 is 18.6 Å². The summed E-state index contributed by atoms with van der Waals surface area (Å²) < 4.78 is 21.9. The number of rotatable bonds is 8. The zero-order valence-corrected chi connectivity index (χ0v) is 17.6. The van der Waals surface area contributed by atoms with Crippen molar-refractivity contribution in [3.63, 3.8) is 0 Å². The number of thioether (sulfide) groups is 1. The maximum atomic E-state index is 5.95. The van der Waals surface area contributed by atoms with Crippen LogP contribution in [0.25, 0.3) is 11.5 Å². The molecular formula is C20H21ClN2O4S. The predicted molar refractivity (Wildman–Crippen MR) is 111 cm³/mol. The van der Waals surface area contributed by atoms with Crippen LogP contribution >= 0.6 is 23.4 Å². The van der Waals surface area contributed by atoms with Crippen LogP contribution in [0.5, 0.6) is 17.2 Å². The lowest BCUT2D eigenvalue weighted by atomic mass is 10.2. The molecule has 148 valence electrons. The molecule has 1 heterocycles. The molecule has 0 aliphatic rings. The Labute approximate surface area is 173 Å². The maximum absolute atomic E-state index is 5.95. The molecule has 3 aromatic rings. The van der Waals surface area contributed by atoms with Gasteiger partial charge in [0.15, 0.2) is 11.5 Å². The molecule has 1 atom stereocenters. The van der Waals surface area contributed by atoms with Gasteiger partial charge in [0.1, 0.15) is 0 Å². The van der Waals surface area contributed by atoms with Gasteiger partial charge in [-0.2, -0.15) is 0 Å². The fourth-order valence-electron chi connectivity index (χ4n) is 2.66. The fraction of sp³-hybridized carbons (Fsp3) is 0.300. The van der Waals surface area contributed by atoms with Crippen LogP contribution < -0.4 is 14.2 Å². The van der Waals surface area contributed by atoms with Crippen molar-refractivity contribution in [2.45, 2.75) is 17.9 Å². The standard InChI is InChI=1S/C20H21ClN2O4S/c1-12(13-5-7-15(21)8-6-13)28-11-18-22-23-20(27-18)14-9-16(24-2)19(26-4)17(10-14)25-3/h5-10,12H,11H2,1-4H3. The Morgan fingerprint density at radius 1 is 1.00 bits per heavy atom. The SMILES string of the molecule is COc1cc(-c2nnc(CSC(C)c3ccc(Cl)cc3)o2)cc(OC)c1OC. The Morgan fingerprint density at radius 2 is 1.64 bits per heavy atom. The van der Waals surface area contributed by atoms with Gasteiger partial charge in [-0.1, -0.05) is 23.7 Å². The fourth-order valence-corrected chi connectivity index (χ4v) is 3.64. The molecule has 6 nitrogen and oxygen atoms in total. The highest BCUT2D eigenvalue weighted by atomic mass is 35.5. The average Bonchev–Trinajstić information content (AvgIpc) is 3.20. The lowest BCUT2D eigenvalue weighted by molar-refractivity contribution is 0.324. The van der Waals surface area contributed by atoms with Crippen molar-refractivity contribution >= 4 is 23.4 Å². The molecule has 0 amide bonds. The summed E-state index contributed by atoms with van der Waals surface area (Å²) in [5.41, 5.74) is 1.89. The van der Waals surface area contributed by atoms with Gasteiger partial charge in [-0.3, -0.25) is 0 Å². The first-order chi connectivity index (χ1) is 13.5. The quantitative estimate of drug-likeness (QED) is 0.482. The Kier molecular flexibility index (Phi) is 6.70. The van der Waals surface area contributed by atoms with E-state index in [1.165, 1.54) is 5.56 Å². The topological polar surface area (TPSA) is 66.6 Å². The Morgan fingerprint density at radius 3 is 2.21 bits per heavy atom. The largest absolute Gasteiger partial charge is 0.493 e. The van der Waals surface area contributed by atoms with E-state index in [-0.39, 0.29) is 5.25 Å². The van der Waals surface area contributed by atoms with Gasteiger partial charge < -0.3 is 18.6 Å². The van der Waals surface area contributed by atoms with Crippen molar-refractivity contribution in [1.82, 2.24) is 10.2 Å². The molecule has 0 saturated heterocycles. The average molecular weight is 421 g/mol. The molecule has 0 saturated carbocycles. The van der Waals surface area contributed by atoms with Crippen molar-refractivity contribution in [3.8, 4) is 28.7 Å². The second-order valence-electron chi connectivity index (χ2n) is 5.92. The lowest BCUT2D eigenvalue weighted by Gasteiger charge is -2.12. The number of halogens is 1. The molecule has 2 aromatic carbocycles. The minimum absolute atomic E-state index is 0.272. The van der Waals surface area contributed by atoms with Crippen molar-refractivity contribution in [1.29, 1.82) is 0 Å². The van der Waals surface area contributed by atoms with Crippen LogP contribution in [0.15, 0.2) is 40.8 Å². The second kappa shape index (κ2) is 9.21. The minimum Gasteiger partial charge on any atom is -0.493 e. The van der Waals surface area contributed by atoms with E-state index >= 15 is 0 Å². The highest BCUT2D eigenvalue weighted by molar-refractivity contribution is 7.98. The third-order valence-electron chi connectivity index (χ3n) is 4.17. The van der Waals surface area contributed by atoms with Crippen LogP contribution in [0.1, 0.15) is 23.6 Å². The van der Waals surface area contributed by atoms with Crippen LogP contribution in [-0.4, -0.2) is 31.5 Å². The van der Waals surface area contributed by atoms with E-state index in [0.29, 0.717) is 40.3 Å². The summed E-state index contributed by atoms with van der Waals surface area (Å²) in [4.78, 5) is 0. The van der Waals surface area contributed by atoms with E-state index in [2.05, 4.69) is 17.1 Å². The monoisotopic (exact) mass is 420 g/mol. The third kappa shape index (κ3) is 4.54. The highest BCUT2D eigenvalue weighted by Gasteiger charge is 2.18. The van der Waals surface area contributed by atoms with Gasteiger partial charge in [0.2, 0.25) is 17.5 Å². The molecule has 0 bridgehead atoms. The summed E-state index contributed by atoms with van der Waals surface area (Å²) in [7, 11) is 4.69. The molecule has 3 rings (SSSR count). The van der Waals surface area contributed by atoms with Crippen molar-refractivity contribution in [2.24, 2.45) is 0 Å². The van der Waals surface area contributed by atoms with Crippen LogP contribution in [-0.2, 0) is 5.75 Å². The Bertz CT molecular complexity index is 905. The molecule has 8 heteroatoms. The number of aromatic nitrogens is 2. The van der Waals surface area contributed by atoms with Gasteiger partial charge in [0.05, 0.1) is 27.1 Å². The highest BCUT2D eigenvalue weighted by Crippen LogP contribution is 2.41. The summed E-state index contributed by atoms with van der Waals surface area (Å²) in [5, 5.41) is 9.31. The third-order valence-corrected chi connectivity index (χ3v) is 5.61. The normalized spacial score (nSPS) is 11.9. The Hall–Kier alpha value is -2.38. The summed E-state index contributed by atoms with van der Waals surface area (Å²) in [6.07, 6.45) is 0. The number of ether oxygens (including phenoxy) is 3. The number of nitrogens with zero attached hydrogens (tertiary/aromatic N) is 2. The number of hydrogen-bond acceptors (Lipinski definition) is 7. The second-order valence-corrected chi connectivity index (χ2v) is 7.69. The van der Waals surface area contributed by atoms with E-state index in [1.807, 2.05) is 24.3 Å². The van der Waals surface area contributed by atoms with Gasteiger partial charge in [-0.15, -0.1) is 22.0 Å². The summed E-state index contributed by atoms with van der Waals surface area (Å²) in [5.74, 6) is 3.12. The van der Waals surface area contributed by atoms with Gasteiger partial charge in [0.25, 0.3) is 0 Å². The maximum Gasteiger partial charge on any atom is 0.248 e. The first-order valence-corrected chi connectivity index (χ1v) is 9.98. The number of hydrogen-bond donors (Lipinski definition) is 0. The van der Waals surface area contributed by atoms with Crippen LogP contribution in [0, 0.1) is 0 Å². The molecule has 0 aliphatic heterocycles. The molecule has 0 radical (unpaired) electrons. The summed E-state index contributed by atoms with van der Waals surface area (Å²) >= 11 is 7.66. The van der Waals surface area contributed by atoms with Gasteiger partial charge in [-0.25, -0.2) is 0 Å². The van der Waals surface area contributed by atoms with E-state index in [4.69, 9.17) is 30.2 Å². The van der Waals surface area contributed by atoms with E-state index in [1.54, 1.807) is 45.2 Å². The van der Waals surface area contributed by atoms with E-state index in [0.717, 1.165) is 5.02 Å². The van der Waals surface area contributed by atoms with Gasteiger partial charge >= 0.3 is 0 Å². The summed E-state index contributed by atoms with van der Waals surface area (Å²) in [6, 6.07) is 11.4. The molecule has 0 spiro atoms. The molecule has 0 fully saturated rings. The molecular weight excluding hydrogens is 400 g/mol. The van der Waals surface area contributed by atoms with E-state index < -0.39 is 0 Å². The first-order valence-electron chi connectivity index (χ1n) is 8.55. The van der Waals surface area contributed by atoms with Crippen LogP contribution in [0.2, 0.25) is 5.02 Å². The molecule has 0 aliphatic carbocycles. The van der Waals surface area contributed by atoms with Crippen molar-refractivity contribution in [3.05, 3.63) is 52.9 Å².